The molecule has 0 fully saturated rings. The summed E-state index contributed by atoms with van der Waals surface area (Å²) in [5, 5.41) is 21.5. The molecule has 0 heterocycles. The third-order valence-electron chi connectivity index (χ3n) is 3.56. The van der Waals surface area contributed by atoms with E-state index in [1.807, 2.05) is 0 Å². The summed E-state index contributed by atoms with van der Waals surface area (Å²) >= 11 is 0. The molecule has 142 valence electrons. The summed E-state index contributed by atoms with van der Waals surface area (Å²) in [5.41, 5.74) is 0.699. The summed E-state index contributed by atoms with van der Waals surface area (Å²) in [6.45, 7) is 1.65. The van der Waals surface area contributed by atoms with E-state index in [1.165, 1.54) is 49.5 Å². The number of nitro benzene ring substituents is 2. The van der Waals surface area contributed by atoms with Gasteiger partial charge in [-0.2, -0.15) is 0 Å². The Morgan fingerprint density at radius 2 is 1.74 bits per heavy atom. The second-order valence-corrected chi connectivity index (χ2v) is 7.25. The molecule has 11 heteroatoms. The molecule has 0 atom stereocenters. The molecule has 27 heavy (non-hydrogen) atoms. The van der Waals surface area contributed by atoms with Crippen molar-refractivity contribution in [3.8, 4) is 0 Å². The summed E-state index contributed by atoms with van der Waals surface area (Å²) in [4.78, 5) is 24.2. The van der Waals surface area contributed by atoms with Gasteiger partial charge in [0.2, 0.25) is 10.0 Å². The van der Waals surface area contributed by atoms with Crippen LogP contribution in [-0.2, 0) is 10.0 Å². The normalized spacial score (nSPS) is 11.6. The fourth-order valence-corrected chi connectivity index (χ4v) is 3.17. The average Bonchev–Trinajstić information content (AvgIpc) is 2.61. The number of aryl methyl sites for hydroxylation is 1. The second-order valence-electron chi connectivity index (χ2n) is 5.49. The number of non-ortho nitro benzene ring substituents is 1. The fraction of sp³-hybridized carbons (Fsp3) is 0.188. The van der Waals surface area contributed by atoms with Crippen LogP contribution >= 0.6 is 0 Å². The zero-order valence-electron chi connectivity index (χ0n) is 14.2. The Hall–Kier alpha value is -3.18. The standard InChI is InChI=1S/C16H16N4O6S/c1-12-2-7-15(10-16(12)20(23)24)27(25,26)18-9-8-17-11-13-3-5-14(6-4-13)19(21)22/h2-7,10-11,18H,8-9H2,1H3. The highest BCUT2D eigenvalue weighted by Crippen LogP contribution is 2.21. The van der Waals surface area contributed by atoms with E-state index in [-0.39, 0.29) is 29.4 Å². The zero-order valence-corrected chi connectivity index (χ0v) is 15.0. The summed E-state index contributed by atoms with van der Waals surface area (Å²) in [7, 11) is -3.90. The summed E-state index contributed by atoms with van der Waals surface area (Å²) in [5.74, 6) is 0. The first-order valence-electron chi connectivity index (χ1n) is 7.70. The van der Waals surface area contributed by atoms with Crippen LogP contribution in [0.3, 0.4) is 0 Å². The lowest BCUT2D eigenvalue weighted by Crippen LogP contribution is -2.26. The molecule has 2 aromatic carbocycles. The summed E-state index contributed by atoms with van der Waals surface area (Å²) in [6, 6.07) is 9.42. The van der Waals surface area contributed by atoms with Gasteiger partial charge < -0.3 is 0 Å². The molecule has 10 nitrogen and oxygen atoms in total. The Kier molecular flexibility index (Phi) is 6.32. The zero-order chi connectivity index (χ0) is 20.0. The first-order chi connectivity index (χ1) is 12.7. The van der Waals surface area contributed by atoms with Gasteiger partial charge in [-0.1, -0.05) is 6.07 Å². The molecule has 0 aliphatic rings. The molecule has 0 bridgehead atoms. The van der Waals surface area contributed by atoms with Crippen molar-refractivity contribution < 1.29 is 18.3 Å². The Morgan fingerprint density at radius 1 is 1.07 bits per heavy atom. The number of benzene rings is 2. The minimum atomic E-state index is -3.90. The van der Waals surface area contributed by atoms with Crippen LogP contribution in [-0.4, -0.2) is 37.6 Å². The van der Waals surface area contributed by atoms with E-state index in [1.54, 1.807) is 0 Å². The second kappa shape index (κ2) is 8.47. The van der Waals surface area contributed by atoms with Crippen molar-refractivity contribution in [2.24, 2.45) is 4.99 Å². The summed E-state index contributed by atoms with van der Waals surface area (Å²) < 4.78 is 26.7. The molecule has 0 unspecified atom stereocenters. The van der Waals surface area contributed by atoms with Gasteiger partial charge in [-0.25, -0.2) is 13.1 Å². The Labute approximate surface area is 154 Å². The first kappa shape index (κ1) is 20.1. The highest BCUT2D eigenvalue weighted by atomic mass is 32.2. The topological polar surface area (TPSA) is 145 Å². The molecule has 1 N–H and O–H groups in total. The molecule has 0 spiro atoms. The Bertz CT molecular complexity index is 986. The van der Waals surface area contributed by atoms with Gasteiger partial charge in [0.25, 0.3) is 11.4 Å². The number of aliphatic imine (C=N–C) groups is 1. The molecule has 0 aromatic heterocycles. The number of nitro groups is 2. The van der Waals surface area contributed by atoms with Gasteiger partial charge in [-0.05, 0) is 30.7 Å². The van der Waals surface area contributed by atoms with E-state index >= 15 is 0 Å². The monoisotopic (exact) mass is 392 g/mol. The van der Waals surface area contributed by atoms with Gasteiger partial charge in [-0.3, -0.25) is 25.2 Å². The first-order valence-corrected chi connectivity index (χ1v) is 9.18. The number of sulfonamides is 1. The van der Waals surface area contributed by atoms with Crippen LogP contribution in [0.1, 0.15) is 11.1 Å². The van der Waals surface area contributed by atoms with Crippen molar-refractivity contribution in [2.75, 3.05) is 13.1 Å². The Balaban J connectivity index is 1.95. The van der Waals surface area contributed by atoms with Crippen molar-refractivity contribution in [1.82, 2.24) is 4.72 Å². The van der Waals surface area contributed by atoms with Crippen molar-refractivity contribution in [1.29, 1.82) is 0 Å². The molecule has 2 rings (SSSR count). The summed E-state index contributed by atoms with van der Waals surface area (Å²) in [6.07, 6.45) is 1.47. The predicted octanol–water partition coefficient (Wildman–Crippen LogP) is 2.21. The highest BCUT2D eigenvalue weighted by molar-refractivity contribution is 7.89. The molecule has 0 aliphatic heterocycles. The van der Waals surface area contributed by atoms with Gasteiger partial charge in [0.15, 0.2) is 0 Å². The smallest absolute Gasteiger partial charge is 0.273 e. The van der Waals surface area contributed by atoms with Gasteiger partial charge in [0, 0.05) is 36.5 Å². The van der Waals surface area contributed by atoms with Gasteiger partial charge in [0.1, 0.15) is 0 Å². The van der Waals surface area contributed by atoms with E-state index in [0.717, 1.165) is 6.07 Å². The number of nitrogens with zero attached hydrogens (tertiary/aromatic N) is 3. The number of hydrogen-bond acceptors (Lipinski definition) is 7. The maximum absolute atomic E-state index is 12.2. The molecule has 0 aliphatic carbocycles. The minimum Gasteiger partial charge on any atom is -0.291 e. The SMILES string of the molecule is Cc1ccc(S(=O)(=O)NCCN=Cc2ccc([N+](=O)[O-])cc2)cc1[N+](=O)[O-]. The average molecular weight is 392 g/mol. The lowest BCUT2D eigenvalue weighted by atomic mass is 10.2. The largest absolute Gasteiger partial charge is 0.291 e. The van der Waals surface area contributed by atoms with Crippen LogP contribution in [0.25, 0.3) is 0 Å². The predicted molar refractivity (Wildman–Crippen MR) is 98.6 cm³/mol. The van der Waals surface area contributed by atoms with Gasteiger partial charge >= 0.3 is 0 Å². The fourth-order valence-electron chi connectivity index (χ4n) is 2.13. The molecule has 0 saturated carbocycles. The van der Waals surface area contributed by atoms with Crippen LogP contribution in [0.5, 0.6) is 0 Å². The maximum atomic E-state index is 12.2. The van der Waals surface area contributed by atoms with Crippen molar-refractivity contribution in [3.63, 3.8) is 0 Å². The van der Waals surface area contributed by atoms with Crippen LogP contribution in [0, 0.1) is 27.2 Å². The third kappa shape index (κ3) is 5.39. The molecular weight excluding hydrogens is 376 g/mol. The van der Waals surface area contributed by atoms with E-state index in [2.05, 4.69) is 9.71 Å². The van der Waals surface area contributed by atoms with E-state index in [0.29, 0.717) is 11.1 Å². The number of hydrogen-bond donors (Lipinski definition) is 1. The lowest BCUT2D eigenvalue weighted by molar-refractivity contribution is -0.385. The van der Waals surface area contributed by atoms with Crippen molar-refractivity contribution in [3.05, 3.63) is 73.8 Å². The van der Waals surface area contributed by atoms with E-state index in [4.69, 9.17) is 0 Å². The van der Waals surface area contributed by atoms with E-state index < -0.39 is 19.9 Å². The molecule has 0 saturated heterocycles. The maximum Gasteiger partial charge on any atom is 0.273 e. The Morgan fingerprint density at radius 3 is 2.33 bits per heavy atom. The van der Waals surface area contributed by atoms with Gasteiger partial charge in [-0.15, -0.1) is 0 Å². The van der Waals surface area contributed by atoms with E-state index in [9.17, 15) is 28.6 Å². The van der Waals surface area contributed by atoms with Crippen LogP contribution < -0.4 is 4.72 Å². The minimum absolute atomic E-state index is 0.00646. The molecule has 0 amide bonds. The quantitative estimate of drug-likeness (QED) is 0.315. The van der Waals surface area contributed by atoms with Crippen LogP contribution in [0.15, 0.2) is 52.4 Å². The third-order valence-corrected chi connectivity index (χ3v) is 5.02. The number of nitrogens with one attached hydrogen (secondary N) is 1. The highest BCUT2D eigenvalue weighted by Gasteiger charge is 2.19. The molecule has 2 aromatic rings. The molecule has 0 radical (unpaired) electrons. The van der Waals surface area contributed by atoms with Crippen molar-refractivity contribution in [2.45, 2.75) is 11.8 Å². The molecular formula is C16H16N4O6S. The number of rotatable bonds is 8. The lowest BCUT2D eigenvalue weighted by Gasteiger charge is -2.06. The van der Waals surface area contributed by atoms with Gasteiger partial charge in [0.05, 0.1) is 21.3 Å². The van der Waals surface area contributed by atoms with Crippen molar-refractivity contribution >= 4 is 27.6 Å². The van der Waals surface area contributed by atoms with Crippen LogP contribution in [0.4, 0.5) is 11.4 Å². The van der Waals surface area contributed by atoms with Crippen LogP contribution in [0.2, 0.25) is 0 Å².